The van der Waals surface area contributed by atoms with E-state index in [1.54, 1.807) is 36.4 Å². The van der Waals surface area contributed by atoms with Crippen molar-refractivity contribution < 1.29 is 33.6 Å². The summed E-state index contributed by atoms with van der Waals surface area (Å²) < 4.78 is 59.2. The van der Waals surface area contributed by atoms with Gasteiger partial charge in [-0.1, -0.05) is 25.1 Å². The van der Waals surface area contributed by atoms with Crippen molar-refractivity contribution in [3.63, 3.8) is 0 Å². The molecule has 0 saturated heterocycles. The van der Waals surface area contributed by atoms with E-state index in [2.05, 4.69) is 9.71 Å². The zero-order chi connectivity index (χ0) is 30.0. The minimum Gasteiger partial charge on any atom is -0.337 e. The predicted octanol–water partition coefficient (Wildman–Crippen LogP) is 5.48. The Morgan fingerprint density at radius 2 is 1.98 bits per heavy atom. The second-order valence-electron chi connectivity index (χ2n) is 10.6. The molecular formula is C31H32ClF2N4O3S+. The number of rotatable bonds is 9. The fourth-order valence-corrected chi connectivity index (χ4v) is 6.95. The maximum Gasteiger partial charge on any atom is 0.241 e. The maximum atomic E-state index is 14.5. The van der Waals surface area contributed by atoms with Crippen molar-refractivity contribution in [3.8, 4) is 0 Å². The fraction of sp³-hybridized carbons (Fsp3) is 0.290. The molecule has 0 aliphatic heterocycles. The van der Waals surface area contributed by atoms with Crippen LogP contribution in [0.1, 0.15) is 60.7 Å². The van der Waals surface area contributed by atoms with Crippen molar-refractivity contribution in [1.29, 1.82) is 0 Å². The van der Waals surface area contributed by atoms with Gasteiger partial charge in [0, 0.05) is 55.8 Å². The maximum absolute atomic E-state index is 14.5. The molecule has 1 amide bonds. The number of aryl methyl sites for hydroxylation is 2. The van der Waals surface area contributed by atoms with Crippen molar-refractivity contribution in [1.82, 2.24) is 14.3 Å². The highest BCUT2D eigenvalue weighted by Gasteiger charge is 2.29. The van der Waals surface area contributed by atoms with Crippen LogP contribution in [0, 0.1) is 23.2 Å². The standard InChI is InChI=1S/C31H32ClF2N4O3S/c1-20(26-12-10-23(33)17-28(26)34)15-31(39)38(19-30-35-13-14-37(30)2)24-11-9-21-5-3-8-29(27(21)18-24)36-42(40,41)25-7-4-6-22(32)16-25/h4,6-7,9-14,16-18,20,29,32,36H,3,5,8,15,19H2,1-2H3/q+1/t20-,29-/m0/s1. The number of benzene rings is 3. The SMILES string of the molecule is C[C@@H](CC(=O)N(Cc1nccn1C)c1ccc2c(c1)[C@@H](NS(=O)(=O)c1cccc([ClH+])c1)CCC2)c1ccc(F)cc1F. The summed E-state index contributed by atoms with van der Waals surface area (Å²) in [5, 5.41) is 0.433. The number of hydrogen-bond acceptors (Lipinski definition) is 4. The zero-order valence-electron chi connectivity index (χ0n) is 23.3. The van der Waals surface area contributed by atoms with Gasteiger partial charge >= 0.3 is 0 Å². The Morgan fingerprint density at radius 1 is 1.17 bits per heavy atom. The van der Waals surface area contributed by atoms with Crippen LogP contribution in [0.5, 0.6) is 0 Å². The number of amides is 1. The highest BCUT2D eigenvalue weighted by molar-refractivity contribution is 7.89. The molecule has 0 saturated carbocycles. The minimum absolute atomic E-state index is 0.0302. The van der Waals surface area contributed by atoms with E-state index in [9.17, 15) is 22.0 Å². The van der Waals surface area contributed by atoms with Crippen LogP contribution in [0.4, 0.5) is 14.5 Å². The lowest BCUT2D eigenvalue weighted by molar-refractivity contribution is -0.289. The van der Waals surface area contributed by atoms with Crippen LogP contribution in [0.2, 0.25) is 5.02 Å². The van der Waals surface area contributed by atoms with Gasteiger partial charge in [-0.05, 0) is 66.1 Å². The number of sulfonamides is 1. The number of anilines is 1. The van der Waals surface area contributed by atoms with Gasteiger partial charge in [0.25, 0.3) is 0 Å². The molecule has 42 heavy (non-hydrogen) atoms. The Hall–Kier alpha value is -3.60. The molecule has 1 aliphatic rings. The highest BCUT2D eigenvalue weighted by atomic mass is 35.5. The van der Waals surface area contributed by atoms with E-state index in [0.29, 0.717) is 23.0 Å². The number of nitrogens with zero attached hydrogens (tertiary/aromatic N) is 3. The minimum atomic E-state index is -3.85. The normalized spacial score (nSPS) is 15.7. The van der Waals surface area contributed by atoms with Crippen molar-refractivity contribution in [3.05, 3.63) is 112 Å². The Morgan fingerprint density at radius 3 is 2.69 bits per heavy atom. The van der Waals surface area contributed by atoms with E-state index in [4.69, 9.17) is 11.6 Å². The largest absolute Gasteiger partial charge is 0.337 e. The second kappa shape index (κ2) is 12.3. The van der Waals surface area contributed by atoms with Gasteiger partial charge in [-0.25, -0.2) is 26.9 Å². The van der Waals surface area contributed by atoms with E-state index >= 15 is 0 Å². The Balaban J connectivity index is 1.47. The second-order valence-corrected chi connectivity index (χ2v) is 12.8. The molecular weight excluding hydrogens is 582 g/mol. The molecule has 5 rings (SSSR count). The van der Waals surface area contributed by atoms with Crippen LogP contribution in [0.25, 0.3) is 0 Å². The van der Waals surface area contributed by atoms with Gasteiger partial charge < -0.3 is 9.47 Å². The summed E-state index contributed by atoms with van der Waals surface area (Å²) in [5.74, 6) is -1.52. The number of nitrogens with one attached hydrogen (secondary N) is 1. The molecule has 1 heterocycles. The first-order chi connectivity index (χ1) is 20.0. The van der Waals surface area contributed by atoms with Crippen molar-refractivity contribution >= 4 is 21.6 Å². The first-order valence-corrected chi connectivity index (χ1v) is 15.5. The van der Waals surface area contributed by atoms with E-state index in [0.717, 1.165) is 30.0 Å². The summed E-state index contributed by atoms with van der Waals surface area (Å²) in [6, 6.07) is 14.7. The van der Waals surface area contributed by atoms with Crippen LogP contribution in [-0.2, 0) is 34.8 Å². The summed E-state index contributed by atoms with van der Waals surface area (Å²) in [5.41, 5.74) is 2.63. The molecule has 0 unspecified atom stereocenters. The van der Waals surface area contributed by atoms with Gasteiger partial charge in [0.15, 0.2) is 11.6 Å². The Bertz CT molecular complexity index is 1730. The molecule has 1 aliphatic carbocycles. The topological polar surface area (TPSA) is 84.3 Å². The third kappa shape index (κ3) is 6.56. The summed E-state index contributed by atoms with van der Waals surface area (Å²) in [7, 11) is -2.02. The van der Waals surface area contributed by atoms with Crippen LogP contribution < -0.4 is 9.62 Å². The van der Waals surface area contributed by atoms with E-state index in [1.807, 2.05) is 29.8 Å². The van der Waals surface area contributed by atoms with Crippen LogP contribution in [-0.4, -0.2) is 23.9 Å². The average Bonchev–Trinajstić information content (AvgIpc) is 3.35. The van der Waals surface area contributed by atoms with Gasteiger partial charge in [0.05, 0.1) is 11.4 Å². The lowest BCUT2D eigenvalue weighted by atomic mass is 9.87. The van der Waals surface area contributed by atoms with E-state index in [1.165, 1.54) is 24.3 Å². The number of carbonyl (C=O) groups is 1. The molecule has 1 aromatic heterocycles. The lowest BCUT2D eigenvalue weighted by Crippen LogP contribution is -2.34. The van der Waals surface area contributed by atoms with Gasteiger partial charge in [0.1, 0.15) is 17.5 Å². The number of halogens is 3. The summed E-state index contributed by atoms with van der Waals surface area (Å²) in [4.78, 5) is 19.9. The molecule has 220 valence electrons. The molecule has 0 fully saturated rings. The number of carbonyl (C=O) groups excluding carboxylic acids is 1. The quantitative estimate of drug-likeness (QED) is 0.271. The van der Waals surface area contributed by atoms with Crippen molar-refractivity contribution in [2.45, 2.75) is 56.0 Å². The van der Waals surface area contributed by atoms with Crippen molar-refractivity contribution in [2.75, 3.05) is 4.90 Å². The number of fused-ring (bicyclic) bond motifs is 1. The summed E-state index contributed by atoms with van der Waals surface area (Å²) >= 11 is 5.16. The molecule has 4 aromatic rings. The molecule has 2 atom stereocenters. The first kappa shape index (κ1) is 29.9. The van der Waals surface area contributed by atoms with E-state index < -0.39 is 33.6 Å². The Labute approximate surface area is 249 Å². The fourth-order valence-electron chi connectivity index (χ4n) is 5.37. The molecule has 3 aromatic carbocycles. The monoisotopic (exact) mass is 613 g/mol. The number of imidazole rings is 1. The molecule has 7 nitrogen and oxygen atoms in total. The summed E-state index contributed by atoms with van der Waals surface area (Å²) in [6.45, 7) is 1.88. The van der Waals surface area contributed by atoms with Gasteiger partial charge in [0.2, 0.25) is 21.0 Å². The predicted molar refractivity (Wildman–Crippen MR) is 153 cm³/mol. The molecule has 1 N–H and O–H groups in total. The third-order valence-electron chi connectivity index (χ3n) is 7.66. The third-order valence-corrected chi connectivity index (χ3v) is 9.39. The zero-order valence-corrected chi connectivity index (χ0v) is 24.9. The van der Waals surface area contributed by atoms with Gasteiger partial charge in [-0.3, -0.25) is 4.79 Å². The molecule has 11 heteroatoms. The molecule has 0 radical (unpaired) electrons. The van der Waals surface area contributed by atoms with Gasteiger partial charge in [-0.2, -0.15) is 0 Å². The van der Waals surface area contributed by atoms with Crippen LogP contribution in [0.15, 0.2) is 78.0 Å². The Kier molecular flexibility index (Phi) is 8.77. The van der Waals surface area contributed by atoms with Crippen LogP contribution in [0.3, 0.4) is 0 Å². The number of hydrogen-bond donors (Lipinski definition) is 1. The van der Waals surface area contributed by atoms with E-state index in [-0.39, 0.29) is 29.3 Å². The highest BCUT2D eigenvalue weighted by Crippen LogP contribution is 2.35. The molecule has 0 spiro atoms. The molecule has 0 bridgehead atoms. The average molecular weight is 614 g/mol. The van der Waals surface area contributed by atoms with Gasteiger partial charge in [-0.15, -0.1) is 0 Å². The summed E-state index contributed by atoms with van der Waals surface area (Å²) in [6.07, 6.45) is 5.57. The number of aromatic nitrogens is 2. The lowest BCUT2D eigenvalue weighted by Gasteiger charge is -2.30. The first-order valence-electron chi connectivity index (χ1n) is 13.7. The van der Waals surface area contributed by atoms with Crippen LogP contribution >= 0.6 is 0 Å². The smallest absolute Gasteiger partial charge is 0.241 e. The van der Waals surface area contributed by atoms with Crippen molar-refractivity contribution in [2.24, 2.45) is 7.05 Å².